The second kappa shape index (κ2) is 11.5. The lowest BCUT2D eigenvalue weighted by Gasteiger charge is -2.21. The molecule has 0 bridgehead atoms. The molecule has 0 spiro atoms. The Hall–Kier alpha value is -4.85. The van der Waals surface area contributed by atoms with Crippen molar-refractivity contribution in [2.24, 2.45) is 0 Å². The zero-order valence-corrected chi connectivity index (χ0v) is 22.4. The molecule has 0 radical (unpaired) electrons. The Balaban J connectivity index is 1.62. The molecule has 200 valence electrons. The van der Waals surface area contributed by atoms with Crippen LogP contribution < -0.4 is 21.9 Å². The summed E-state index contributed by atoms with van der Waals surface area (Å²) >= 11 is 6.45. The summed E-state index contributed by atoms with van der Waals surface area (Å²) in [5.41, 5.74) is 8.62. The van der Waals surface area contributed by atoms with Gasteiger partial charge in [0.15, 0.2) is 0 Å². The average molecular weight is 555 g/mol. The molecule has 0 aliphatic rings. The molecule has 5 rings (SSSR count). The largest absolute Gasteiger partial charge is 0.382 e. The molecule has 11 heteroatoms. The molecule has 40 heavy (non-hydrogen) atoms. The van der Waals surface area contributed by atoms with Crippen LogP contribution in [0.2, 0.25) is 5.02 Å². The van der Waals surface area contributed by atoms with E-state index in [0.717, 1.165) is 11.8 Å². The molecule has 0 saturated carbocycles. The monoisotopic (exact) mass is 554 g/mol. The first kappa shape index (κ1) is 26.7. The molecule has 0 fully saturated rings. The van der Waals surface area contributed by atoms with Crippen molar-refractivity contribution in [3.63, 3.8) is 0 Å². The molecule has 4 N–H and O–H groups in total. The van der Waals surface area contributed by atoms with Crippen molar-refractivity contribution in [2.45, 2.75) is 19.5 Å². The number of hydrogen-bond acceptors (Lipinski definition) is 8. The van der Waals surface area contributed by atoms with Crippen molar-refractivity contribution in [3.8, 4) is 17.5 Å². The van der Waals surface area contributed by atoms with Gasteiger partial charge in [-0.25, -0.2) is 24.3 Å². The van der Waals surface area contributed by atoms with Crippen LogP contribution in [0.15, 0.2) is 71.9 Å². The Morgan fingerprint density at radius 3 is 2.70 bits per heavy atom. The third kappa shape index (κ3) is 5.47. The van der Waals surface area contributed by atoms with Gasteiger partial charge in [-0.05, 0) is 61.9 Å². The van der Waals surface area contributed by atoms with Gasteiger partial charge in [0, 0.05) is 6.54 Å². The van der Waals surface area contributed by atoms with Crippen molar-refractivity contribution in [1.82, 2.24) is 29.8 Å². The number of nitrogens with zero attached hydrogens (tertiary/aromatic N) is 5. The van der Waals surface area contributed by atoms with Crippen molar-refractivity contribution < 1.29 is 4.39 Å². The van der Waals surface area contributed by atoms with Crippen molar-refractivity contribution in [1.29, 1.82) is 0 Å². The van der Waals surface area contributed by atoms with E-state index in [1.54, 1.807) is 22.8 Å². The van der Waals surface area contributed by atoms with Crippen LogP contribution in [0.25, 0.3) is 16.6 Å². The number of fused-ring (bicyclic) bond motifs is 1. The summed E-state index contributed by atoms with van der Waals surface area (Å²) in [6, 6.07) is 15.0. The summed E-state index contributed by atoms with van der Waals surface area (Å²) in [4.78, 5) is 31.1. The lowest BCUT2D eigenvalue weighted by atomic mass is 10.1. The van der Waals surface area contributed by atoms with Gasteiger partial charge in [0.2, 0.25) is 0 Å². The van der Waals surface area contributed by atoms with Crippen LogP contribution in [0, 0.1) is 17.7 Å². The molecular formula is C29H24ClFN8O. The number of nitrogen functional groups attached to an aromatic ring is 1. The maximum absolute atomic E-state index is 13.9. The number of pyridine rings is 1. The van der Waals surface area contributed by atoms with Crippen LogP contribution in [-0.4, -0.2) is 31.6 Å². The number of aromatic nitrogens is 5. The average Bonchev–Trinajstić information content (AvgIpc) is 2.94. The van der Waals surface area contributed by atoms with Crippen LogP contribution in [0.4, 0.5) is 16.0 Å². The SMILES string of the molecule is CNCc1cccc(-n2c([C@H](C)Nc3ncnc(N)c3C#Cc3ccc(F)cn3)nc3cccc(Cl)c3c2=O)c1. The highest BCUT2D eigenvalue weighted by atomic mass is 35.5. The minimum absolute atomic E-state index is 0.148. The Kier molecular flexibility index (Phi) is 7.68. The van der Waals surface area contributed by atoms with Crippen LogP contribution in [0.5, 0.6) is 0 Å². The van der Waals surface area contributed by atoms with E-state index in [0.29, 0.717) is 51.1 Å². The second-order valence-corrected chi connectivity index (χ2v) is 9.31. The van der Waals surface area contributed by atoms with Gasteiger partial charge in [0.1, 0.15) is 40.9 Å². The fourth-order valence-corrected chi connectivity index (χ4v) is 4.48. The van der Waals surface area contributed by atoms with Gasteiger partial charge in [-0.1, -0.05) is 35.7 Å². The number of nitrogens with two attached hydrogens (primary N) is 1. The van der Waals surface area contributed by atoms with Gasteiger partial charge in [-0.3, -0.25) is 9.36 Å². The lowest BCUT2D eigenvalue weighted by Crippen LogP contribution is -2.28. The van der Waals surface area contributed by atoms with Crippen LogP contribution >= 0.6 is 11.6 Å². The lowest BCUT2D eigenvalue weighted by molar-refractivity contribution is 0.621. The first-order valence-corrected chi connectivity index (χ1v) is 12.7. The van der Waals surface area contributed by atoms with Gasteiger partial charge in [-0.2, -0.15) is 0 Å². The van der Waals surface area contributed by atoms with Gasteiger partial charge in [0.05, 0.1) is 33.9 Å². The number of nitrogens with one attached hydrogen (secondary N) is 2. The number of halogens is 2. The molecule has 2 aromatic carbocycles. The molecule has 0 aliphatic carbocycles. The topological polar surface area (TPSA) is 124 Å². The Bertz CT molecular complexity index is 1830. The number of hydrogen-bond donors (Lipinski definition) is 3. The maximum atomic E-state index is 13.9. The highest BCUT2D eigenvalue weighted by molar-refractivity contribution is 6.35. The fraction of sp³-hybridized carbons (Fsp3) is 0.138. The third-order valence-electron chi connectivity index (χ3n) is 6.08. The Labute approximate surface area is 234 Å². The zero-order chi connectivity index (χ0) is 28.2. The van der Waals surface area contributed by atoms with E-state index >= 15 is 0 Å². The summed E-state index contributed by atoms with van der Waals surface area (Å²) in [7, 11) is 1.85. The first-order chi connectivity index (χ1) is 19.4. The first-order valence-electron chi connectivity index (χ1n) is 12.3. The molecule has 0 amide bonds. The van der Waals surface area contributed by atoms with Crippen LogP contribution in [0.1, 0.15) is 35.6 Å². The molecule has 3 aromatic heterocycles. The molecule has 3 heterocycles. The van der Waals surface area contributed by atoms with E-state index in [9.17, 15) is 9.18 Å². The van der Waals surface area contributed by atoms with Crippen molar-refractivity contribution in [2.75, 3.05) is 18.1 Å². The Morgan fingerprint density at radius 1 is 1.10 bits per heavy atom. The molecular weight excluding hydrogens is 531 g/mol. The van der Waals surface area contributed by atoms with E-state index in [1.165, 1.54) is 18.5 Å². The normalized spacial score (nSPS) is 11.6. The number of benzene rings is 2. The minimum Gasteiger partial charge on any atom is -0.382 e. The predicted octanol–water partition coefficient (Wildman–Crippen LogP) is 4.24. The third-order valence-corrected chi connectivity index (χ3v) is 6.40. The standard InChI is InChI=1S/C29H24ClFN8O/c1-17(37-27-22(26(32)35-16-36-27)12-11-20-10-9-19(31)15-34-20)28-38-24-8-4-7-23(30)25(24)29(40)39(28)21-6-3-5-18(13-21)14-33-2/h3-10,13,15-17,33H,14H2,1-2H3,(H3,32,35,36,37)/t17-/m0/s1. The van der Waals surface area contributed by atoms with Gasteiger partial charge < -0.3 is 16.4 Å². The molecule has 0 aliphatic heterocycles. The summed E-state index contributed by atoms with van der Waals surface area (Å²) in [5, 5.41) is 7.05. The summed E-state index contributed by atoms with van der Waals surface area (Å²) in [6.45, 7) is 2.47. The smallest absolute Gasteiger partial charge is 0.267 e. The molecule has 5 aromatic rings. The fourth-order valence-electron chi connectivity index (χ4n) is 4.23. The molecule has 0 saturated heterocycles. The Morgan fingerprint density at radius 2 is 1.93 bits per heavy atom. The minimum atomic E-state index is -0.539. The van der Waals surface area contributed by atoms with Gasteiger partial charge in [0.25, 0.3) is 5.56 Å². The zero-order valence-electron chi connectivity index (χ0n) is 21.6. The molecule has 0 unspecified atom stereocenters. The van der Waals surface area contributed by atoms with Gasteiger partial charge >= 0.3 is 0 Å². The summed E-state index contributed by atoms with van der Waals surface area (Å²) < 4.78 is 14.8. The highest BCUT2D eigenvalue weighted by Gasteiger charge is 2.21. The number of anilines is 2. The van der Waals surface area contributed by atoms with Crippen LogP contribution in [0.3, 0.4) is 0 Å². The summed E-state index contributed by atoms with van der Waals surface area (Å²) in [6.07, 6.45) is 2.40. The quantitative estimate of drug-likeness (QED) is 0.266. The van der Waals surface area contributed by atoms with E-state index < -0.39 is 11.9 Å². The maximum Gasteiger partial charge on any atom is 0.267 e. The molecule has 1 atom stereocenters. The van der Waals surface area contributed by atoms with Gasteiger partial charge in [-0.15, -0.1) is 0 Å². The highest BCUT2D eigenvalue weighted by Crippen LogP contribution is 2.26. The van der Waals surface area contributed by atoms with E-state index in [1.807, 2.05) is 38.2 Å². The van der Waals surface area contributed by atoms with Crippen LogP contribution in [-0.2, 0) is 6.54 Å². The predicted molar refractivity (Wildman–Crippen MR) is 154 cm³/mol. The van der Waals surface area contributed by atoms with E-state index in [4.69, 9.17) is 22.3 Å². The van der Waals surface area contributed by atoms with Crippen molar-refractivity contribution >= 4 is 34.1 Å². The number of rotatable bonds is 6. The summed E-state index contributed by atoms with van der Waals surface area (Å²) in [5.74, 6) is 6.24. The van der Waals surface area contributed by atoms with Crippen molar-refractivity contribution in [3.05, 3.63) is 111 Å². The van der Waals surface area contributed by atoms with E-state index in [2.05, 4.69) is 37.4 Å². The molecule has 9 nitrogen and oxygen atoms in total. The van der Waals surface area contributed by atoms with E-state index in [-0.39, 0.29) is 11.4 Å². The second-order valence-electron chi connectivity index (χ2n) is 8.90.